The Hall–Kier alpha value is -0.730. The minimum Gasteiger partial charge on any atom is -0.298 e. The molecule has 0 radical (unpaired) electrons. The van der Waals surface area contributed by atoms with Crippen molar-refractivity contribution >= 4 is 0 Å². The molecule has 4 nitrogen and oxygen atoms in total. The zero-order chi connectivity index (χ0) is 9.14. The van der Waals surface area contributed by atoms with Gasteiger partial charge in [0.05, 0.1) is 6.04 Å². The molecule has 0 unspecified atom stereocenters. The molecule has 0 N–H and O–H groups in total. The molecule has 12 heavy (non-hydrogen) atoms. The number of nitrogens with zero attached hydrogens (tertiary/aromatic N) is 4. The lowest BCUT2D eigenvalue weighted by molar-refractivity contribution is 0.209. The van der Waals surface area contributed by atoms with Crippen LogP contribution < -0.4 is 0 Å². The molecule has 2 atom stereocenters. The maximum atomic E-state index is 8.31. The van der Waals surface area contributed by atoms with Gasteiger partial charge >= 0.3 is 0 Å². The van der Waals surface area contributed by atoms with Crippen molar-refractivity contribution in [3.8, 4) is 0 Å². The molecule has 0 saturated carbocycles. The van der Waals surface area contributed by atoms with Crippen LogP contribution in [0.15, 0.2) is 5.11 Å². The molecule has 0 aromatic rings. The van der Waals surface area contributed by atoms with Gasteiger partial charge in [0, 0.05) is 17.0 Å². The fourth-order valence-corrected chi connectivity index (χ4v) is 1.90. The lowest BCUT2D eigenvalue weighted by Crippen LogP contribution is -2.36. The molecule has 1 aliphatic heterocycles. The largest absolute Gasteiger partial charge is 0.298 e. The Labute approximate surface area is 73.2 Å². The first-order chi connectivity index (χ1) is 5.66. The van der Waals surface area contributed by atoms with Gasteiger partial charge in [0.15, 0.2) is 0 Å². The highest BCUT2D eigenvalue weighted by molar-refractivity contribution is 4.90. The standard InChI is InChI=1S/C8H16N4/c1-6(2)12-5-4-8(7(12)3)10-11-9/h6-8H,4-5H2,1-3H3/t7-,8-/m0/s1. The minimum absolute atomic E-state index is 0.178. The van der Waals surface area contributed by atoms with Crippen molar-refractivity contribution in [2.75, 3.05) is 6.54 Å². The van der Waals surface area contributed by atoms with E-state index in [1.165, 1.54) is 0 Å². The summed E-state index contributed by atoms with van der Waals surface area (Å²) < 4.78 is 0. The maximum absolute atomic E-state index is 8.31. The van der Waals surface area contributed by atoms with Crippen LogP contribution in [0.3, 0.4) is 0 Å². The van der Waals surface area contributed by atoms with E-state index in [1.54, 1.807) is 0 Å². The topological polar surface area (TPSA) is 52.0 Å². The Bertz CT molecular complexity index is 195. The summed E-state index contributed by atoms with van der Waals surface area (Å²) in [6.45, 7) is 7.54. The SMILES string of the molecule is CC(C)N1CC[C@H](N=[N+]=[N-])[C@@H]1C. The van der Waals surface area contributed by atoms with E-state index < -0.39 is 0 Å². The predicted octanol–water partition coefficient (Wildman–Crippen LogP) is 2.17. The summed E-state index contributed by atoms with van der Waals surface area (Å²) in [6.07, 6.45) is 1.00. The van der Waals surface area contributed by atoms with Gasteiger partial charge in [-0.15, -0.1) is 0 Å². The van der Waals surface area contributed by atoms with Crippen LogP contribution in [0.25, 0.3) is 10.4 Å². The molecular formula is C8H16N4. The van der Waals surface area contributed by atoms with Crippen molar-refractivity contribution in [1.82, 2.24) is 4.90 Å². The molecular weight excluding hydrogens is 152 g/mol. The van der Waals surface area contributed by atoms with Crippen LogP contribution in [0.2, 0.25) is 0 Å². The first-order valence-corrected chi connectivity index (χ1v) is 4.46. The molecule has 0 aromatic carbocycles. The molecule has 0 aliphatic carbocycles. The molecule has 1 heterocycles. The van der Waals surface area contributed by atoms with Gasteiger partial charge in [-0.2, -0.15) is 0 Å². The van der Waals surface area contributed by atoms with Crippen LogP contribution in [0.1, 0.15) is 27.2 Å². The van der Waals surface area contributed by atoms with E-state index in [4.69, 9.17) is 5.53 Å². The first-order valence-electron chi connectivity index (χ1n) is 4.46. The lowest BCUT2D eigenvalue weighted by Gasteiger charge is -2.26. The van der Waals surface area contributed by atoms with Crippen molar-refractivity contribution in [1.29, 1.82) is 0 Å². The highest BCUT2D eigenvalue weighted by atomic mass is 15.3. The normalized spacial score (nSPS) is 30.7. The van der Waals surface area contributed by atoms with Crippen molar-refractivity contribution in [2.24, 2.45) is 5.11 Å². The van der Waals surface area contributed by atoms with E-state index in [-0.39, 0.29) is 6.04 Å². The lowest BCUT2D eigenvalue weighted by atomic mass is 10.1. The van der Waals surface area contributed by atoms with Crippen LogP contribution in [-0.2, 0) is 0 Å². The van der Waals surface area contributed by atoms with E-state index in [0.29, 0.717) is 12.1 Å². The van der Waals surface area contributed by atoms with Gasteiger partial charge < -0.3 is 0 Å². The summed E-state index contributed by atoms with van der Waals surface area (Å²) in [5, 5.41) is 3.78. The van der Waals surface area contributed by atoms with Gasteiger partial charge in [-0.05, 0) is 39.3 Å². The van der Waals surface area contributed by atoms with Crippen LogP contribution in [0.4, 0.5) is 0 Å². The summed E-state index contributed by atoms with van der Waals surface area (Å²) in [7, 11) is 0. The molecule has 0 bridgehead atoms. The van der Waals surface area contributed by atoms with Crippen molar-refractivity contribution in [3.63, 3.8) is 0 Å². The third-order valence-corrected chi connectivity index (χ3v) is 2.63. The average Bonchev–Trinajstić information content (AvgIpc) is 2.34. The number of likely N-dealkylation sites (tertiary alicyclic amines) is 1. The zero-order valence-electron chi connectivity index (χ0n) is 7.94. The third-order valence-electron chi connectivity index (χ3n) is 2.63. The van der Waals surface area contributed by atoms with Gasteiger partial charge in [0.2, 0.25) is 0 Å². The highest BCUT2D eigenvalue weighted by Crippen LogP contribution is 2.22. The van der Waals surface area contributed by atoms with Gasteiger partial charge in [-0.1, -0.05) is 5.11 Å². The van der Waals surface area contributed by atoms with E-state index >= 15 is 0 Å². The summed E-state index contributed by atoms with van der Waals surface area (Å²) in [5.74, 6) is 0. The fourth-order valence-electron chi connectivity index (χ4n) is 1.90. The van der Waals surface area contributed by atoms with Crippen LogP contribution in [0.5, 0.6) is 0 Å². The maximum Gasteiger partial charge on any atom is 0.0539 e. The number of azide groups is 1. The van der Waals surface area contributed by atoms with Crippen LogP contribution in [0, 0.1) is 0 Å². The van der Waals surface area contributed by atoms with Crippen LogP contribution >= 0.6 is 0 Å². The second-order valence-electron chi connectivity index (χ2n) is 3.63. The molecule has 1 aliphatic rings. The molecule has 0 amide bonds. The van der Waals surface area contributed by atoms with E-state index in [9.17, 15) is 0 Å². The van der Waals surface area contributed by atoms with E-state index in [1.807, 2.05) is 0 Å². The highest BCUT2D eigenvalue weighted by Gasteiger charge is 2.30. The zero-order valence-corrected chi connectivity index (χ0v) is 7.94. The second-order valence-corrected chi connectivity index (χ2v) is 3.63. The van der Waals surface area contributed by atoms with Gasteiger partial charge in [0.25, 0.3) is 0 Å². The molecule has 0 aromatic heterocycles. The molecule has 1 saturated heterocycles. The Morgan fingerprint density at radius 2 is 2.25 bits per heavy atom. The molecule has 0 spiro atoms. The monoisotopic (exact) mass is 168 g/mol. The van der Waals surface area contributed by atoms with Crippen molar-refractivity contribution < 1.29 is 0 Å². The van der Waals surface area contributed by atoms with Crippen molar-refractivity contribution in [2.45, 2.75) is 45.3 Å². The fraction of sp³-hybridized carbons (Fsp3) is 1.00. The summed E-state index contributed by atoms with van der Waals surface area (Å²) in [4.78, 5) is 5.23. The third kappa shape index (κ3) is 1.71. The predicted molar refractivity (Wildman–Crippen MR) is 48.9 cm³/mol. The number of hydrogen-bond donors (Lipinski definition) is 0. The minimum atomic E-state index is 0.178. The van der Waals surface area contributed by atoms with Crippen LogP contribution in [-0.4, -0.2) is 29.6 Å². The Morgan fingerprint density at radius 1 is 1.58 bits per heavy atom. The Morgan fingerprint density at radius 3 is 2.67 bits per heavy atom. The van der Waals surface area contributed by atoms with E-state index in [0.717, 1.165) is 13.0 Å². The van der Waals surface area contributed by atoms with Gasteiger partial charge in [-0.3, -0.25) is 4.90 Å². The Kier molecular flexibility index (Phi) is 2.95. The van der Waals surface area contributed by atoms with Crippen molar-refractivity contribution in [3.05, 3.63) is 10.4 Å². The molecule has 68 valence electrons. The summed E-state index contributed by atoms with van der Waals surface area (Å²) in [5.41, 5.74) is 8.31. The quantitative estimate of drug-likeness (QED) is 0.354. The molecule has 1 fully saturated rings. The number of hydrogen-bond acceptors (Lipinski definition) is 2. The van der Waals surface area contributed by atoms with Gasteiger partial charge in [0.1, 0.15) is 0 Å². The summed E-state index contributed by atoms with van der Waals surface area (Å²) in [6, 6.07) is 1.14. The molecule has 4 heteroatoms. The second kappa shape index (κ2) is 3.78. The average molecular weight is 168 g/mol. The smallest absolute Gasteiger partial charge is 0.0539 e. The number of rotatable bonds is 2. The summed E-state index contributed by atoms with van der Waals surface area (Å²) >= 11 is 0. The first kappa shape index (κ1) is 9.36. The Balaban J connectivity index is 2.60. The van der Waals surface area contributed by atoms with Gasteiger partial charge in [-0.25, -0.2) is 0 Å². The molecule has 1 rings (SSSR count). The van der Waals surface area contributed by atoms with E-state index in [2.05, 4.69) is 35.7 Å².